The number of hydrogen-bond donors (Lipinski definition) is 0. The molecular weight excluding hydrogens is 366 g/mol. The Labute approximate surface area is 166 Å². The molecule has 0 saturated carbocycles. The van der Waals surface area contributed by atoms with Crippen LogP contribution in [-0.4, -0.2) is 22.8 Å². The van der Waals surface area contributed by atoms with E-state index in [9.17, 15) is 14.4 Å². The Kier molecular flexibility index (Phi) is 4.02. The van der Waals surface area contributed by atoms with Crippen LogP contribution in [0.5, 0.6) is 0 Å². The number of hydroxylamine groups is 2. The van der Waals surface area contributed by atoms with E-state index in [0.717, 1.165) is 12.2 Å². The van der Waals surface area contributed by atoms with Gasteiger partial charge in [-0.2, -0.15) is 0 Å². The van der Waals surface area contributed by atoms with Gasteiger partial charge in [0.2, 0.25) is 0 Å². The van der Waals surface area contributed by atoms with Crippen LogP contribution in [-0.2, 0) is 25.6 Å². The average molecular weight is 383 g/mol. The highest BCUT2D eigenvalue weighted by Gasteiger charge is 2.27. The van der Waals surface area contributed by atoms with Crippen molar-refractivity contribution in [2.75, 3.05) is 0 Å². The highest BCUT2D eigenvalue weighted by molar-refractivity contribution is 6.23. The first-order valence-electron chi connectivity index (χ1n) is 9.54. The van der Waals surface area contributed by atoms with E-state index in [2.05, 4.69) is 54.6 Å². The number of hydrogen-bond acceptors (Lipinski definition) is 4. The Hall–Kier alpha value is -3.73. The molecule has 2 amide bonds. The fraction of sp³-hybridized carbons (Fsp3) is 0.125. The van der Waals surface area contributed by atoms with Crippen LogP contribution in [0, 0.1) is 0 Å². The van der Waals surface area contributed by atoms with Gasteiger partial charge in [0.25, 0.3) is 11.8 Å². The molecule has 5 rings (SSSR count). The quantitative estimate of drug-likeness (QED) is 0.381. The minimum Gasteiger partial charge on any atom is -0.330 e. The molecule has 5 heteroatoms. The van der Waals surface area contributed by atoms with Crippen LogP contribution in [0.1, 0.15) is 18.4 Å². The topological polar surface area (TPSA) is 63.7 Å². The molecule has 0 atom stereocenters. The number of benzene rings is 4. The van der Waals surface area contributed by atoms with E-state index >= 15 is 0 Å². The summed E-state index contributed by atoms with van der Waals surface area (Å²) in [7, 11) is 0. The van der Waals surface area contributed by atoms with Crippen LogP contribution in [0.3, 0.4) is 0 Å². The number of rotatable bonds is 5. The molecular formula is C24H17NO4. The Balaban J connectivity index is 1.36. The Morgan fingerprint density at radius 3 is 2.14 bits per heavy atom. The van der Waals surface area contributed by atoms with E-state index in [4.69, 9.17) is 4.84 Å². The zero-order valence-electron chi connectivity index (χ0n) is 15.6. The second-order valence-electron chi connectivity index (χ2n) is 7.20. The molecule has 1 heterocycles. The summed E-state index contributed by atoms with van der Waals surface area (Å²) in [5, 5.41) is 7.84. The molecule has 4 aromatic rings. The largest absolute Gasteiger partial charge is 0.333 e. The molecule has 29 heavy (non-hydrogen) atoms. The molecule has 0 fully saturated rings. The van der Waals surface area contributed by atoms with Crippen molar-refractivity contribution in [3.05, 3.63) is 72.3 Å². The summed E-state index contributed by atoms with van der Waals surface area (Å²) in [4.78, 5) is 39.8. The third-order valence-electron chi connectivity index (χ3n) is 5.41. The average Bonchev–Trinajstić information content (AvgIpc) is 3.05. The second-order valence-corrected chi connectivity index (χ2v) is 7.20. The van der Waals surface area contributed by atoms with Crippen molar-refractivity contribution in [2.24, 2.45) is 0 Å². The summed E-state index contributed by atoms with van der Waals surface area (Å²) in [6.45, 7) is 0. The molecule has 5 nitrogen and oxygen atoms in total. The monoisotopic (exact) mass is 383 g/mol. The summed E-state index contributed by atoms with van der Waals surface area (Å²) < 4.78 is 0. The number of carbonyl (C=O) groups is 3. The summed E-state index contributed by atoms with van der Waals surface area (Å²) in [5.74, 6) is -1.85. The first kappa shape index (κ1) is 17.4. The fourth-order valence-corrected chi connectivity index (χ4v) is 4.06. The molecule has 1 aliphatic rings. The maximum atomic E-state index is 12.0. The third kappa shape index (κ3) is 2.91. The maximum absolute atomic E-state index is 12.0. The lowest BCUT2D eigenvalue weighted by Crippen LogP contribution is -2.32. The predicted octanol–water partition coefficient (Wildman–Crippen LogP) is 4.29. The first-order valence-corrected chi connectivity index (χ1v) is 9.54. The van der Waals surface area contributed by atoms with E-state index in [-0.39, 0.29) is 6.42 Å². The lowest BCUT2D eigenvalue weighted by Gasteiger charge is -2.14. The molecule has 1 aliphatic heterocycles. The van der Waals surface area contributed by atoms with E-state index in [0.29, 0.717) is 17.9 Å². The van der Waals surface area contributed by atoms with Crippen LogP contribution in [0.4, 0.5) is 0 Å². The number of imide groups is 1. The molecule has 4 aromatic carbocycles. The van der Waals surface area contributed by atoms with Gasteiger partial charge in [-0.15, -0.1) is 0 Å². The van der Waals surface area contributed by atoms with Gasteiger partial charge in [-0.3, -0.25) is 9.59 Å². The van der Waals surface area contributed by atoms with Gasteiger partial charge >= 0.3 is 5.97 Å². The van der Waals surface area contributed by atoms with Crippen LogP contribution >= 0.6 is 0 Å². The molecule has 142 valence electrons. The summed E-state index contributed by atoms with van der Waals surface area (Å²) in [6.07, 6.45) is 3.55. The van der Waals surface area contributed by atoms with Crippen LogP contribution in [0.15, 0.2) is 66.7 Å². The molecule has 0 unspecified atom stereocenters. The summed E-state index contributed by atoms with van der Waals surface area (Å²) in [5.41, 5.74) is 1.17. The number of aryl methyl sites for hydroxylation is 1. The standard InChI is InChI=1S/C24H17NO4/c26-20-13-14-21(27)25(20)29-22(28)6-2-3-15-7-8-18-10-9-16-4-1-5-17-11-12-19(15)24(18)23(16)17/h1,4-5,7-14H,2-3,6H2. The molecule has 0 bridgehead atoms. The van der Waals surface area contributed by atoms with Crippen molar-refractivity contribution in [3.8, 4) is 0 Å². The van der Waals surface area contributed by atoms with Crippen molar-refractivity contribution in [1.29, 1.82) is 0 Å². The van der Waals surface area contributed by atoms with Gasteiger partial charge < -0.3 is 4.84 Å². The third-order valence-corrected chi connectivity index (χ3v) is 5.41. The SMILES string of the molecule is O=C(CCCc1ccc2ccc3cccc4ccc1c2c34)ON1C(=O)C=CC1=O. The van der Waals surface area contributed by atoms with E-state index in [1.165, 1.54) is 37.9 Å². The van der Waals surface area contributed by atoms with Crippen LogP contribution < -0.4 is 0 Å². The highest BCUT2D eigenvalue weighted by Crippen LogP contribution is 2.36. The van der Waals surface area contributed by atoms with Crippen molar-refractivity contribution in [1.82, 2.24) is 5.06 Å². The lowest BCUT2D eigenvalue weighted by atomic mass is 9.90. The molecule has 0 saturated heterocycles. The van der Waals surface area contributed by atoms with Crippen molar-refractivity contribution in [3.63, 3.8) is 0 Å². The zero-order chi connectivity index (χ0) is 20.0. The van der Waals surface area contributed by atoms with Gasteiger partial charge in [-0.05, 0) is 50.7 Å². The van der Waals surface area contributed by atoms with Gasteiger partial charge in [0.05, 0.1) is 0 Å². The molecule has 0 N–H and O–H groups in total. The van der Waals surface area contributed by atoms with Gasteiger partial charge in [0, 0.05) is 18.6 Å². The van der Waals surface area contributed by atoms with Crippen LogP contribution in [0.25, 0.3) is 32.3 Å². The number of carbonyl (C=O) groups excluding carboxylic acids is 3. The minimum atomic E-state index is -0.630. The Morgan fingerprint density at radius 1 is 0.793 bits per heavy atom. The van der Waals surface area contributed by atoms with Gasteiger partial charge in [0.1, 0.15) is 0 Å². The zero-order valence-corrected chi connectivity index (χ0v) is 15.6. The molecule has 0 spiro atoms. The van der Waals surface area contributed by atoms with E-state index in [1.54, 1.807) is 0 Å². The Morgan fingerprint density at radius 2 is 1.41 bits per heavy atom. The van der Waals surface area contributed by atoms with Crippen LogP contribution in [0.2, 0.25) is 0 Å². The van der Waals surface area contributed by atoms with E-state index in [1.807, 2.05) is 0 Å². The Bertz CT molecular complexity index is 1290. The van der Waals surface area contributed by atoms with Crippen molar-refractivity contribution in [2.45, 2.75) is 19.3 Å². The van der Waals surface area contributed by atoms with E-state index < -0.39 is 17.8 Å². The first-order chi connectivity index (χ1) is 14.1. The fourth-order valence-electron chi connectivity index (χ4n) is 4.06. The predicted molar refractivity (Wildman–Crippen MR) is 110 cm³/mol. The van der Waals surface area contributed by atoms with Crippen molar-refractivity contribution >= 4 is 50.1 Å². The summed E-state index contributed by atoms with van der Waals surface area (Å²) in [6, 6.07) is 19.1. The smallest absolute Gasteiger partial charge is 0.330 e. The summed E-state index contributed by atoms with van der Waals surface area (Å²) >= 11 is 0. The maximum Gasteiger partial charge on any atom is 0.333 e. The normalized spacial score (nSPS) is 14.0. The number of nitrogens with zero attached hydrogens (tertiary/aromatic N) is 1. The minimum absolute atomic E-state index is 0.124. The molecule has 0 aromatic heterocycles. The molecule has 0 aliphatic carbocycles. The highest BCUT2D eigenvalue weighted by atomic mass is 16.7. The van der Waals surface area contributed by atoms with Gasteiger partial charge in [-0.1, -0.05) is 59.7 Å². The number of amides is 2. The van der Waals surface area contributed by atoms with Gasteiger partial charge in [-0.25, -0.2) is 4.79 Å². The molecule has 0 radical (unpaired) electrons. The lowest BCUT2D eigenvalue weighted by molar-refractivity contribution is -0.196. The second kappa shape index (κ2) is 6.71. The van der Waals surface area contributed by atoms with Crippen molar-refractivity contribution < 1.29 is 19.2 Å². The van der Waals surface area contributed by atoms with Gasteiger partial charge in [0.15, 0.2) is 0 Å².